The molecule has 0 unspecified atom stereocenters. The van der Waals surface area contributed by atoms with Crippen molar-refractivity contribution in [2.24, 2.45) is 5.73 Å². The molecule has 0 radical (unpaired) electrons. The summed E-state index contributed by atoms with van der Waals surface area (Å²) in [4.78, 5) is 14.7. The number of rotatable bonds is 5. The number of amides is 1. The normalized spacial score (nSPS) is 10.5. The van der Waals surface area contributed by atoms with Gasteiger partial charge in [-0.05, 0) is 30.7 Å². The summed E-state index contributed by atoms with van der Waals surface area (Å²) < 4.78 is 5.02. The van der Waals surface area contributed by atoms with Gasteiger partial charge in [-0.15, -0.1) is 0 Å². The molecular formula is C13H20ClN3O2. The highest BCUT2D eigenvalue weighted by atomic mass is 35.5. The van der Waals surface area contributed by atoms with Crippen LogP contribution in [0.25, 0.3) is 0 Å². The van der Waals surface area contributed by atoms with Crippen molar-refractivity contribution in [1.29, 1.82) is 0 Å². The van der Waals surface area contributed by atoms with Gasteiger partial charge < -0.3 is 17.1 Å². The molecule has 1 aromatic carbocycles. The Morgan fingerprint density at radius 3 is 2.53 bits per heavy atom. The number of halogens is 1. The molecule has 0 saturated heterocycles. The van der Waals surface area contributed by atoms with E-state index in [1.54, 1.807) is 31.4 Å². The van der Waals surface area contributed by atoms with E-state index in [9.17, 15) is 4.79 Å². The van der Waals surface area contributed by atoms with E-state index in [1.807, 2.05) is 0 Å². The fraction of sp³-hybridized carbons (Fsp3) is 0.385. The third-order valence-electron chi connectivity index (χ3n) is 2.45. The molecule has 1 amide bonds. The molecule has 0 aromatic heterocycles. The van der Waals surface area contributed by atoms with Crippen LogP contribution in [0.5, 0.6) is 5.75 Å². The van der Waals surface area contributed by atoms with Crippen molar-refractivity contribution in [3.05, 3.63) is 29.8 Å². The Bertz CT molecular complexity index is 418. The highest BCUT2D eigenvalue weighted by Gasteiger charge is 2.11. The average Bonchev–Trinajstić information content (AvgIpc) is 2.39. The van der Waals surface area contributed by atoms with Crippen LogP contribution in [0.3, 0.4) is 0 Å². The second-order valence-electron chi connectivity index (χ2n) is 3.88. The lowest BCUT2D eigenvalue weighted by Crippen LogP contribution is -3.00. The second kappa shape index (κ2) is 9.22. The van der Waals surface area contributed by atoms with Crippen LogP contribution in [0.2, 0.25) is 0 Å². The number of carbonyl (C=O) groups excluding carboxylic acids is 1. The Morgan fingerprint density at radius 1 is 1.37 bits per heavy atom. The number of nitrogens with one attached hydrogen (secondary N) is 2. The Labute approximate surface area is 119 Å². The van der Waals surface area contributed by atoms with Gasteiger partial charge in [-0.3, -0.25) is 15.5 Å². The van der Waals surface area contributed by atoms with Gasteiger partial charge in [0.1, 0.15) is 5.75 Å². The van der Waals surface area contributed by atoms with Crippen LogP contribution < -0.4 is 33.2 Å². The second-order valence-corrected chi connectivity index (χ2v) is 3.88. The van der Waals surface area contributed by atoms with Gasteiger partial charge in [0, 0.05) is 0 Å². The number of carbonyl (C=O) groups is 1. The minimum atomic E-state index is -0.237. The standard InChI is InChI=1S/C13H19N3O2.ClH/c1-3-4-9-15-13(14)16-12(17)10-5-7-11(18-2)8-6-10;/h5-8H,3-4,9H2,1-2H3,(H3,14,15,16,17);1H. The molecule has 0 bridgehead atoms. The number of unbranched alkanes of at least 4 members (excludes halogenated alkanes) is 1. The van der Waals surface area contributed by atoms with Gasteiger partial charge in [0.05, 0.1) is 19.2 Å². The van der Waals surface area contributed by atoms with E-state index in [0.29, 0.717) is 11.3 Å². The average molecular weight is 286 g/mol. The Morgan fingerprint density at radius 2 is 2.00 bits per heavy atom. The van der Waals surface area contributed by atoms with Gasteiger partial charge >= 0.3 is 11.9 Å². The van der Waals surface area contributed by atoms with Crippen LogP contribution in [-0.4, -0.2) is 25.5 Å². The molecule has 0 aliphatic heterocycles. The van der Waals surface area contributed by atoms with Crippen LogP contribution >= 0.6 is 0 Å². The number of hydrogen-bond acceptors (Lipinski definition) is 2. The largest absolute Gasteiger partial charge is 1.00 e. The highest BCUT2D eigenvalue weighted by molar-refractivity contribution is 6.03. The summed E-state index contributed by atoms with van der Waals surface area (Å²) >= 11 is 0. The third-order valence-corrected chi connectivity index (χ3v) is 2.45. The maximum Gasteiger partial charge on any atom is 0.348 e. The quantitative estimate of drug-likeness (QED) is 0.300. The molecule has 1 rings (SSSR count). The van der Waals surface area contributed by atoms with Crippen molar-refractivity contribution in [3.63, 3.8) is 0 Å². The number of hydrogen-bond donors (Lipinski definition) is 3. The maximum absolute atomic E-state index is 11.8. The minimum Gasteiger partial charge on any atom is -1.00 e. The predicted molar refractivity (Wildman–Crippen MR) is 70.4 cm³/mol. The van der Waals surface area contributed by atoms with Crippen molar-refractivity contribution in [3.8, 4) is 5.75 Å². The van der Waals surface area contributed by atoms with Gasteiger partial charge in [-0.2, -0.15) is 0 Å². The molecule has 0 aliphatic rings. The summed E-state index contributed by atoms with van der Waals surface area (Å²) in [7, 11) is 1.58. The van der Waals surface area contributed by atoms with Gasteiger partial charge in [0.25, 0.3) is 0 Å². The van der Waals surface area contributed by atoms with E-state index < -0.39 is 0 Å². The molecule has 0 aliphatic carbocycles. The molecule has 4 N–H and O–H groups in total. The van der Waals surface area contributed by atoms with Crippen molar-refractivity contribution in [2.75, 3.05) is 13.7 Å². The van der Waals surface area contributed by atoms with Crippen LogP contribution in [0.1, 0.15) is 30.1 Å². The molecule has 1 aromatic rings. The summed E-state index contributed by atoms with van der Waals surface area (Å²) in [6.07, 6.45) is 2.09. The van der Waals surface area contributed by atoms with Crippen LogP contribution in [0.15, 0.2) is 24.3 Å². The first-order valence-corrected chi connectivity index (χ1v) is 5.99. The lowest BCUT2D eigenvalue weighted by Gasteiger charge is -2.01. The van der Waals surface area contributed by atoms with Gasteiger partial charge in [-0.25, -0.2) is 5.32 Å². The molecule has 106 valence electrons. The Hall–Kier alpha value is -1.75. The highest BCUT2D eigenvalue weighted by Crippen LogP contribution is 2.10. The van der Waals surface area contributed by atoms with Crippen molar-refractivity contribution >= 4 is 11.9 Å². The van der Waals surface area contributed by atoms with Crippen LogP contribution in [0.4, 0.5) is 0 Å². The molecule has 0 spiro atoms. The number of benzene rings is 1. The fourth-order valence-electron chi connectivity index (χ4n) is 1.38. The van der Waals surface area contributed by atoms with Crippen molar-refractivity contribution in [1.82, 2.24) is 5.32 Å². The van der Waals surface area contributed by atoms with E-state index in [0.717, 1.165) is 19.4 Å². The zero-order chi connectivity index (χ0) is 13.4. The summed E-state index contributed by atoms with van der Waals surface area (Å²) in [6.45, 7) is 2.85. The summed E-state index contributed by atoms with van der Waals surface area (Å²) in [5.74, 6) is 0.757. The number of nitrogens with two attached hydrogens (primary N) is 1. The predicted octanol–water partition coefficient (Wildman–Crippen LogP) is -3.38. The monoisotopic (exact) mass is 285 g/mol. The van der Waals surface area contributed by atoms with E-state index in [4.69, 9.17) is 10.5 Å². The molecular weight excluding hydrogens is 266 g/mol. The van der Waals surface area contributed by atoms with E-state index in [2.05, 4.69) is 17.2 Å². The minimum absolute atomic E-state index is 0. The van der Waals surface area contributed by atoms with Gasteiger partial charge in [0.15, 0.2) is 0 Å². The first-order valence-electron chi connectivity index (χ1n) is 5.99. The lowest BCUT2D eigenvalue weighted by atomic mass is 10.2. The van der Waals surface area contributed by atoms with Gasteiger partial charge in [-0.1, -0.05) is 13.3 Å². The first kappa shape index (κ1) is 17.2. The third kappa shape index (κ3) is 6.10. The van der Waals surface area contributed by atoms with Gasteiger partial charge in [0.2, 0.25) is 0 Å². The van der Waals surface area contributed by atoms with Crippen molar-refractivity contribution < 1.29 is 26.9 Å². The summed E-state index contributed by atoms with van der Waals surface area (Å²) in [6, 6.07) is 6.84. The molecule has 0 saturated carbocycles. The molecule has 0 atom stereocenters. The maximum atomic E-state index is 11.8. The summed E-state index contributed by atoms with van der Waals surface area (Å²) in [5.41, 5.74) is 6.20. The Balaban J connectivity index is 0.00000324. The topological polar surface area (TPSA) is 78.3 Å². The molecule has 0 fully saturated rings. The zero-order valence-corrected chi connectivity index (χ0v) is 12.0. The summed E-state index contributed by atoms with van der Waals surface area (Å²) in [5, 5.41) is 2.60. The van der Waals surface area contributed by atoms with E-state index >= 15 is 0 Å². The SMILES string of the molecule is CCCC[NH+]=C(N)NC(=O)c1ccc(OC)cc1.[Cl-]. The van der Waals surface area contributed by atoms with E-state index in [-0.39, 0.29) is 24.3 Å². The molecule has 6 heteroatoms. The number of guanidine groups is 1. The molecule has 0 heterocycles. The van der Waals surface area contributed by atoms with E-state index in [1.165, 1.54) is 0 Å². The van der Waals surface area contributed by atoms with Crippen molar-refractivity contribution in [2.45, 2.75) is 19.8 Å². The fourth-order valence-corrected chi connectivity index (χ4v) is 1.38. The van der Waals surface area contributed by atoms with Crippen LogP contribution in [-0.2, 0) is 0 Å². The Kier molecular flexibility index (Phi) is 8.37. The first-order chi connectivity index (χ1) is 8.67. The number of ether oxygens (including phenoxy) is 1. The smallest absolute Gasteiger partial charge is 0.348 e. The molecule has 19 heavy (non-hydrogen) atoms. The lowest BCUT2D eigenvalue weighted by molar-refractivity contribution is -0.460. The molecule has 5 nitrogen and oxygen atoms in total. The number of methoxy groups -OCH3 is 1. The zero-order valence-electron chi connectivity index (χ0n) is 11.2. The van der Waals surface area contributed by atoms with Crippen LogP contribution in [0, 0.1) is 0 Å².